The third kappa shape index (κ3) is 4.86. The lowest BCUT2D eigenvalue weighted by molar-refractivity contribution is 0.236. The molecule has 0 aliphatic carbocycles. The lowest BCUT2D eigenvalue weighted by Gasteiger charge is -2.28. The molecule has 0 aromatic rings. The molecule has 0 aromatic carbocycles. The van der Waals surface area contributed by atoms with Crippen molar-refractivity contribution in [3.05, 3.63) is 0 Å². The summed E-state index contributed by atoms with van der Waals surface area (Å²) >= 11 is 0. The first-order chi connectivity index (χ1) is 8.66. The van der Waals surface area contributed by atoms with Crippen LogP contribution in [0.5, 0.6) is 0 Å². The van der Waals surface area contributed by atoms with E-state index in [1.807, 2.05) is 0 Å². The summed E-state index contributed by atoms with van der Waals surface area (Å²) in [5, 5.41) is 3.34. The number of sulfone groups is 1. The quantitative estimate of drug-likeness (QED) is 0.835. The number of nitrogens with one attached hydrogen (secondary N) is 1. The highest BCUT2D eigenvalue weighted by molar-refractivity contribution is 7.91. The molecule has 2 aliphatic heterocycles. The molecule has 1 unspecified atom stereocenters. The van der Waals surface area contributed by atoms with Crippen LogP contribution < -0.4 is 5.32 Å². The van der Waals surface area contributed by atoms with Gasteiger partial charge in [0.15, 0.2) is 9.84 Å². The number of likely N-dealkylation sites (tertiary alicyclic amines) is 1. The van der Waals surface area contributed by atoms with Gasteiger partial charge in [0.25, 0.3) is 0 Å². The van der Waals surface area contributed by atoms with Crippen molar-refractivity contribution in [1.29, 1.82) is 0 Å². The van der Waals surface area contributed by atoms with Gasteiger partial charge < -0.3 is 10.2 Å². The fourth-order valence-electron chi connectivity index (χ4n) is 2.93. The summed E-state index contributed by atoms with van der Waals surface area (Å²) < 4.78 is 23.1. The second-order valence-corrected chi connectivity index (χ2v) is 7.89. The minimum absolute atomic E-state index is 0.175. The Morgan fingerprint density at radius 1 is 1.06 bits per heavy atom. The number of hydrogen-bond acceptors (Lipinski definition) is 4. The molecular weight excluding hydrogens is 248 g/mol. The maximum atomic E-state index is 11.6. The van der Waals surface area contributed by atoms with Crippen molar-refractivity contribution in [2.45, 2.75) is 44.6 Å². The predicted molar refractivity (Wildman–Crippen MR) is 74.6 cm³/mol. The number of rotatable bonds is 3. The average Bonchev–Trinajstić information content (AvgIpc) is 2.26. The van der Waals surface area contributed by atoms with Crippen molar-refractivity contribution in [3.8, 4) is 0 Å². The Morgan fingerprint density at radius 2 is 1.72 bits per heavy atom. The smallest absolute Gasteiger partial charge is 0.153 e. The van der Waals surface area contributed by atoms with Crippen molar-refractivity contribution in [1.82, 2.24) is 10.2 Å². The zero-order valence-corrected chi connectivity index (χ0v) is 12.1. The fourth-order valence-corrected chi connectivity index (χ4v) is 4.42. The predicted octanol–water partition coefficient (Wildman–Crippen LogP) is 1.03. The minimum Gasteiger partial charge on any atom is -0.312 e. The van der Waals surface area contributed by atoms with E-state index in [-0.39, 0.29) is 6.04 Å². The molecule has 1 N–H and O–H groups in total. The Morgan fingerprint density at radius 3 is 2.39 bits per heavy atom. The lowest BCUT2D eigenvalue weighted by Crippen LogP contribution is -2.46. The maximum Gasteiger partial charge on any atom is 0.153 e. The largest absolute Gasteiger partial charge is 0.312 e. The van der Waals surface area contributed by atoms with Gasteiger partial charge in [0.05, 0.1) is 11.5 Å². The van der Waals surface area contributed by atoms with Crippen LogP contribution in [0, 0.1) is 0 Å². The van der Waals surface area contributed by atoms with Crippen molar-refractivity contribution < 1.29 is 8.42 Å². The first-order valence-corrected chi connectivity index (χ1v) is 9.14. The Bertz CT molecular complexity index is 335. The third-order valence-electron chi connectivity index (χ3n) is 4.04. The Balaban J connectivity index is 1.72. The van der Waals surface area contributed by atoms with Gasteiger partial charge in [0.1, 0.15) is 0 Å². The molecule has 0 amide bonds. The van der Waals surface area contributed by atoms with Gasteiger partial charge in [-0.15, -0.1) is 0 Å². The molecule has 1 atom stereocenters. The Labute approximate surface area is 111 Å². The summed E-state index contributed by atoms with van der Waals surface area (Å²) in [7, 11) is -2.78. The second kappa shape index (κ2) is 6.87. The van der Waals surface area contributed by atoms with Gasteiger partial charge in [-0.05, 0) is 38.9 Å². The van der Waals surface area contributed by atoms with E-state index in [9.17, 15) is 8.42 Å². The lowest BCUT2D eigenvalue weighted by atomic mass is 10.1. The van der Waals surface area contributed by atoms with Crippen LogP contribution in [-0.4, -0.2) is 57.0 Å². The molecule has 2 rings (SSSR count). The van der Waals surface area contributed by atoms with Gasteiger partial charge in [-0.3, -0.25) is 0 Å². The van der Waals surface area contributed by atoms with E-state index < -0.39 is 9.84 Å². The van der Waals surface area contributed by atoms with Crippen LogP contribution in [0.25, 0.3) is 0 Å². The van der Waals surface area contributed by atoms with E-state index in [1.54, 1.807) is 0 Å². The SMILES string of the molecule is O=S1(=O)CCNC(CCN2CCCCCCC2)C1. The average molecular weight is 274 g/mol. The maximum absolute atomic E-state index is 11.6. The number of hydrogen-bond donors (Lipinski definition) is 1. The van der Waals surface area contributed by atoms with Gasteiger partial charge in [-0.1, -0.05) is 19.3 Å². The molecule has 2 saturated heterocycles. The van der Waals surface area contributed by atoms with E-state index in [0.29, 0.717) is 18.1 Å². The molecule has 0 spiro atoms. The summed E-state index contributed by atoms with van der Waals surface area (Å²) in [6.07, 6.45) is 7.67. The highest BCUT2D eigenvalue weighted by Crippen LogP contribution is 2.12. The molecule has 0 bridgehead atoms. The van der Waals surface area contributed by atoms with Crippen LogP contribution in [-0.2, 0) is 9.84 Å². The highest BCUT2D eigenvalue weighted by Gasteiger charge is 2.24. The topological polar surface area (TPSA) is 49.4 Å². The third-order valence-corrected chi connectivity index (χ3v) is 5.78. The molecule has 2 heterocycles. The minimum atomic E-state index is -2.78. The van der Waals surface area contributed by atoms with Crippen molar-refractivity contribution in [2.75, 3.05) is 37.7 Å². The molecule has 5 heteroatoms. The molecule has 2 aliphatic rings. The van der Waals surface area contributed by atoms with Gasteiger partial charge in [-0.2, -0.15) is 0 Å². The van der Waals surface area contributed by atoms with Crippen LogP contribution in [0.1, 0.15) is 38.5 Å². The number of nitrogens with zero attached hydrogens (tertiary/aromatic N) is 1. The first kappa shape index (κ1) is 14.3. The van der Waals surface area contributed by atoms with Crippen LogP contribution in [0.4, 0.5) is 0 Å². The van der Waals surface area contributed by atoms with E-state index in [4.69, 9.17) is 0 Å². The molecule has 4 nitrogen and oxygen atoms in total. The van der Waals surface area contributed by atoms with E-state index in [0.717, 1.165) is 13.0 Å². The molecule has 0 aromatic heterocycles. The van der Waals surface area contributed by atoms with Crippen molar-refractivity contribution in [2.24, 2.45) is 0 Å². The monoisotopic (exact) mass is 274 g/mol. The summed E-state index contributed by atoms with van der Waals surface area (Å²) in [6, 6.07) is 0.175. The van der Waals surface area contributed by atoms with Crippen LogP contribution in [0.15, 0.2) is 0 Å². The molecule has 0 radical (unpaired) electrons. The second-order valence-electron chi connectivity index (χ2n) is 5.66. The van der Waals surface area contributed by atoms with Crippen LogP contribution >= 0.6 is 0 Å². The van der Waals surface area contributed by atoms with Gasteiger partial charge >= 0.3 is 0 Å². The van der Waals surface area contributed by atoms with Gasteiger partial charge in [0.2, 0.25) is 0 Å². The summed E-state index contributed by atoms with van der Waals surface area (Å²) in [5.41, 5.74) is 0. The van der Waals surface area contributed by atoms with Gasteiger partial charge in [0, 0.05) is 12.6 Å². The Hall–Kier alpha value is -0.130. The molecule has 18 heavy (non-hydrogen) atoms. The van der Waals surface area contributed by atoms with Crippen molar-refractivity contribution in [3.63, 3.8) is 0 Å². The van der Waals surface area contributed by atoms with E-state index in [1.165, 1.54) is 45.2 Å². The van der Waals surface area contributed by atoms with Crippen LogP contribution in [0.3, 0.4) is 0 Å². The van der Waals surface area contributed by atoms with Crippen LogP contribution in [0.2, 0.25) is 0 Å². The zero-order chi connectivity index (χ0) is 12.8. The summed E-state index contributed by atoms with van der Waals surface area (Å²) in [5.74, 6) is 0.647. The highest BCUT2D eigenvalue weighted by atomic mass is 32.2. The summed E-state index contributed by atoms with van der Waals surface area (Å²) in [4.78, 5) is 2.52. The fraction of sp³-hybridized carbons (Fsp3) is 1.00. The molecule has 0 saturated carbocycles. The Kier molecular flexibility index (Phi) is 5.45. The molecular formula is C13H26N2O2S. The van der Waals surface area contributed by atoms with Crippen molar-refractivity contribution >= 4 is 9.84 Å². The standard InChI is InChI=1S/C13H26N2O2S/c16-18(17)11-7-14-13(12-18)6-10-15-8-4-2-1-3-5-9-15/h13-14H,1-12H2. The van der Waals surface area contributed by atoms with E-state index >= 15 is 0 Å². The first-order valence-electron chi connectivity index (χ1n) is 7.32. The molecule has 2 fully saturated rings. The molecule has 106 valence electrons. The summed E-state index contributed by atoms with van der Waals surface area (Å²) in [6.45, 7) is 4.07. The zero-order valence-electron chi connectivity index (χ0n) is 11.2. The normalized spacial score (nSPS) is 30.6. The van der Waals surface area contributed by atoms with E-state index in [2.05, 4.69) is 10.2 Å². The van der Waals surface area contributed by atoms with Gasteiger partial charge in [-0.25, -0.2) is 8.42 Å².